The molecule has 0 bridgehead atoms. The molecule has 1 aliphatic rings. The summed E-state index contributed by atoms with van der Waals surface area (Å²) in [6.07, 6.45) is 7.53. The molecule has 1 atom stereocenters. The zero-order valence-electron chi connectivity index (χ0n) is 16.6. The van der Waals surface area contributed by atoms with Gasteiger partial charge in [-0.15, -0.1) is 0 Å². The lowest BCUT2D eigenvalue weighted by molar-refractivity contribution is 0.368. The third kappa shape index (κ3) is 3.02. The Kier molecular flexibility index (Phi) is 4.58. The first kappa shape index (κ1) is 18.2. The van der Waals surface area contributed by atoms with Crippen LogP contribution in [-0.4, -0.2) is 37.9 Å². The number of nitrogens with zero attached hydrogens (tertiary/aromatic N) is 6. The second-order valence-corrected chi connectivity index (χ2v) is 7.31. The van der Waals surface area contributed by atoms with Gasteiger partial charge in [-0.25, -0.2) is 15.0 Å². The van der Waals surface area contributed by atoms with Gasteiger partial charge in [-0.05, 0) is 25.5 Å². The third-order valence-electron chi connectivity index (χ3n) is 5.24. The predicted octanol–water partition coefficient (Wildman–Crippen LogP) is 3.58. The van der Waals surface area contributed by atoms with Crippen molar-refractivity contribution >= 4 is 22.7 Å². The maximum Gasteiger partial charge on any atom is 0.219 e. The van der Waals surface area contributed by atoms with Gasteiger partial charge in [0.05, 0.1) is 16.9 Å². The van der Waals surface area contributed by atoms with E-state index in [1.165, 1.54) is 0 Å². The average molecular weight is 375 g/mol. The molecule has 0 fully saturated rings. The number of aromatic nitrogens is 4. The van der Waals surface area contributed by atoms with Gasteiger partial charge >= 0.3 is 0 Å². The first-order valence-corrected chi connectivity index (χ1v) is 9.55. The van der Waals surface area contributed by atoms with Crippen LogP contribution in [0.3, 0.4) is 0 Å². The van der Waals surface area contributed by atoms with E-state index in [4.69, 9.17) is 10.7 Å². The van der Waals surface area contributed by atoms with E-state index in [1.54, 1.807) is 12.4 Å². The molecule has 4 rings (SSSR count). The van der Waals surface area contributed by atoms with E-state index in [9.17, 15) is 0 Å². The van der Waals surface area contributed by atoms with Gasteiger partial charge in [-0.3, -0.25) is 4.98 Å². The summed E-state index contributed by atoms with van der Waals surface area (Å²) >= 11 is 0. The number of nitrogens with two attached hydrogens (primary N) is 1. The van der Waals surface area contributed by atoms with E-state index in [0.717, 1.165) is 58.7 Å². The lowest BCUT2D eigenvalue weighted by atomic mass is 10.0. The highest BCUT2D eigenvalue weighted by molar-refractivity contribution is 5.92. The lowest BCUT2D eigenvalue weighted by Gasteiger charge is -2.42. The minimum absolute atomic E-state index is 0.252. The van der Waals surface area contributed by atoms with Crippen LogP contribution in [0.25, 0.3) is 22.3 Å². The van der Waals surface area contributed by atoms with Crippen molar-refractivity contribution in [2.45, 2.75) is 39.3 Å². The highest BCUT2D eigenvalue weighted by atomic mass is 15.4. The van der Waals surface area contributed by atoms with Gasteiger partial charge in [0.15, 0.2) is 0 Å². The van der Waals surface area contributed by atoms with Crippen molar-refractivity contribution in [1.29, 1.82) is 0 Å². The van der Waals surface area contributed by atoms with Crippen LogP contribution in [0.15, 0.2) is 43.1 Å². The minimum atomic E-state index is 0.252. The maximum atomic E-state index is 5.62. The van der Waals surface area contributed by atoms with Crippen molar-refractivity contribution in [2.24, 2.45) is 0 Å². The molecule has 0 aliphatic carbocycles. The first-order chi connectivity index (χ1) is 13.5. The Morgan fingerprint density at radius 2 is 1.93 bits per heavy atom. The zero-order valence-corrected chi connectivity index (χ0v) is 16.6. The molecule has 1 aliphatic heterocycles. The predicted molar refractivity (Wildman–Crippen MR) is 112 cm³/mol. The van der Waals surface area contributed by atoms with Gasteiger partial charge in [-0.1, -0.05) is 19.9 Å². The fraction of sp³-hybridized carbons (Fsp3) is 0.333. The molecule has 0 aromatic carbocycles. The molecule has 7 heteroatoms. The molecule has 3 aromatic rings. The van der Waals surface area contributed by atoms with E-state index in [0.29, 0.717) is 6.04 Å². The lowest BCUT2D eigenvalue weighted by Crippen LogP contribution is -2.42. The molecule has 0 saturated heterocycles. The summed E-state index contributed by atoms with van der Waals surface area (Å²) in [6.45, 7) is 9.55. The number of pyridine rings is 2. The minimum Gasteiger partial charge on any atom is -0.368 e. The highest BCUT2D eigenvalue weighted by Crippen LogP contribution is 2.38. The first-order valence-electron chi connectivity index (χ1n) is 9.55. The molecular formula is C21H25N7. The van der Waals surface area contributed by atoms with E-state index in [-0.39, 0.29) is 5.95 Å². The second kappa shape index (κ2) is 7.07. The molecule has 0 spiro atoms. The normalized spacial score (nSPS) is 15.0. The van der Waals surface area contributed by atoms with Crippen LogP contribution in [0.5, 0.6) is 0 Å². The molecule has 0 saturated carbocycles. The van der Waals surface area contributed by atoms with E-state index in [2.05, 4.69) is 52.2 Å². The Labute approximate surface area is 164 Å². The topological polar surface area (TPSA) is 84.1 Å². The van der Waals surface area contributed by atoms with Crippen molar-refractivity contribution in [3.63, 3.8) is 0 Å². The fourth-order valence-corrected chi connectivity index (χ4v) is 3.79. The van der Waals surface area contributed by atoms with Gasteiger partial charge in [0.2, 0.25) is 5.95 Å². The molecule has 2 N–H and O–H groups in total. The molecular weight excluding hydrogens is 350 g/mol. The quantitative estimate of drug-likeness (QED) is 0.746. The van der Waals surface area contributed by atoms with E-state index >= 15 is 0 Å². The van der Waals surface area contributed by atoms with Crippen molar-refractivity contribution in [2.75, 3.05) is 17.7 Å². The smallest absolute Gasteiger partial charge is 0.219 e. The molecule has 0 amide bonds. The molecule has 7 nitrogen and oxygen atoms in total. The van der Waals surface area contributed by atoms with E-state index < -0.39 is 0 Å². The summed E-state index contributed by atoms with van der Waals surface area (Å²) in [5.74, 6) is 1.24. The van der Waals surface area contributed by atoms with Gasteiger partial charge in [0, 0.05) is 49.4 Å². The molecule has 28 heavy (non-hydrogen) atoms. The number of rotatable bonds is 4. The monoisotopic (exact) mass is 375 g/mol. The molecule has 3 aromatic heterocycles. The summed E-state index contributed by atoms with van der Waals surface area (Å²) in [5.41, 5.74) is 11.3. The van der Waals surface area contributed by atoms with Gasteiger partial charge in [0.25, 0.3) is 0 Å². The van der Waals surface area contributed by atoms with Crippen LogP contribution < -0.4 is 10.6 Å². The van der Waals surface area contributed by atoms with Crippen LogP contribution in [0, 0.1) is 0 Å². The Hall–Kier alpha value is -3.22. The number of hydrogen-bond acceptors (Lipinski definition) is 7. The van der Waals surface area contributed by atoms with Crippen molar-refractivity contribution in [1.82, 2.24) is 24.8 Å². The molecule has 144 valence electrons. The van der Waals surface area contributed by atoms with Crippen LogP contribution in [0.1, 0.15) is 32.3 Å². The van der Waals surface area contributed by atoms with E-state index in [1.807, 2.05) is 18.3 Å². The van der Waals surface area contributed by atoms with Gasteiger partial charge in [0.1, 0.15) is 11.3 Å². The van der Waals surface area contributed by atoms with Crippen molar-refractivity contribution < 1.29 is 0 Å². The Morgan fingerprint density at radius 3 is 2.64 bits per heavy atom. The highest BCUT2D eigenvalue weighted by Gasteiger charge is 2.30. The third-order valence-corrected chi connectivity index (χ3v) is 5.24. The second-order valence-electron chi connectivity index (χ2n) is 7.31. The Bertz CT molecular complexity index is 1030. The number of hydrogen-bond donors (Lipinski definition) is 1. The largest absolute Gasteiger partial charge is 0.368 e. The fourth-order valence-electron chi connectivity index (χ4n) is 3.79. The van der Waals surface area contributed by atoms with Crippen LogP contribution in [-0.2, 0) is 6.54 Å². The van der Waals surface area contributed by atoms with Gasteiger partial charge in [-0.2, -0.15) is 0 Å². The summed E-state index contributed by atoms with van der Waals surface area (Å²) in [6, 6.07) is 4.26. The average Bonchev–Trinajstić information content (AvgIpc) is 2.69. The molecule has 0 radical (unpaired) electrons. The SMILES string of the molecule is C=C1N(C)Cc2cnc3ccc(-c4cnc(N)nc4)nc3c2N1C(C)CCC. The van der Waals surface area contributed by atoms with Crippen molar-refractivity contribution in [3.05, 3.63) is 48.7 Å². The standard InChI is InChI=1S/C21H25N7/c1-5-6-13(2)28-14(3)27(4)12-16-11-23-18-8-7-17(26-19(18)20(16)28)15-9-24-21(22)25-10-15/h7-11,13H,3,5-6,12H2,1-2,4H3,(H2,22,24,25). The Balaban J connectivity index is 1.92. The van der Waals surface area contributed by atoms with Crippen LogP contribution in [0.4, 0.5) is 11.6 Å². The summed E-state index contributed by atoms with van der Waals surface area (Å²) in [5, 5.41) is 0. The molecule has 1 unspecified atom stereocenters. The maximum absolute atomic E-state index is 5.62. The summed E-state index contributed by atoms with van der Waals surface area (Å²) in [7, 11) is 2.07. The van der Waals surface area contributed by atoms with Crippen LogP contribution in [0.2, 0.25) is 0 Å². The van der Waals surface area contributed by atoms with Crippen molar-refractivity contribution in [3.8, 4) is 11.3 Å². The summed E-state index contributed by atoms with van der Waals surface area (Å²) < 4.78 is 0. The zero-order chi connectivity index (χ0) is 19.8. The molecule has 4 heterocycles. The number of nitrogen functional groups attached to an aromatic ring is 1. The summed E-state index contributed by atoms with van der Waals surface area (Å²) in [4.78, 5) is 22.3. The van der Waals surface area contributed by atoms with Crippen LogP contribution >= 0.6 is 0 Å². The Morgan fingerprint density at radius 1 is 1.18 bits per heavy atom. The van der Waals surface area contributed by atoms with Gasteiger partial charge < -0.3 is 15.5 Å². The number of anilines is 2. The number of fused-ring (bicyclic) bond motifs is 3.